The van der Waals surface area contributed by atoms with Gasteiger partial charge in [0.1, 0.15) is 5.75 Å². The number of benzene rings is 1. The second-order valence-corrected chi connectivity index (χ2v) is 5.76. The molecule has 2 amide bonds. The molecule has 120 valence electrons. The van der Waals surface area contributed by atoms with Crippen molar-refractivity contribution in [2.75, 3.05) is 11.9 Å². The molecule has 1 aromatic rings. The molecule has 1 aromatic carbocycles. The topological polar surface area (TPSA) is 107 Å². The fourth-order valence-corrected chi connectivity index (χ4v) is 2.57. The molecular weight excluding hydrogens is 282 g/mol. The van der Waals surface area contributed by atoms with Gasteiger partial charge in [-0.2, -0.15) is 0 Å². The van der Waals surface area contributed by atoms with Crippen LogP contribution < -0.4 is 21.5 Å². The van der Waals surface area contributed by atoms with Crippen LogP contribution in [0, 0.1) is 0 Å². The summed E-state index contributed by atoms with van der Waals surface area (Å²) in [7, 11) is 0. The summed E-state index contributed by atoms with van der Waals surface area (Å²) in [6.45, 7) is 0.243. The van der Waals surface area contributed by atoms with E-state index in [0.29, 0.717) is 11.4 Å². The van der Waals surface area contributed by atoms with E-state index in [2.05, 4.69) is 5.32 Å². The zero-order chi connectivity index (χ0) is 16.0. The Morgan fingerprint density at radius 2 is 1.77 bits per heavy atom. The summed E-state index contributed by atoms with van der Waals surface area (Å²) in [5, 5.41) is 2.86. The second-order valence-electron chi connectivity index (χ2n) is 5.76. The lowest BCUT2D eigenvalue weighted by atomic mass is 9.82. The van der Waals surface area contributed by atoms with Crippen LogP contribution in [0.25, 0.3) is 0 Å². The van der Waals surface area contributed by atoms with E-state index in [4.69, 9.17) is 16.2 Å². The summed E-state index contributed by atoms with van der Waals surface area (Å²) in [4.78, 5) is 22.9. The molecule has 0 aromatic heterocycles. The van der Waals surface area contributed by atoms with Gasteiger partial charge in [0.15, 0.2) is 0 Å². The Morgan fingerprint density at radius 3 is 2.36 bits per heavy atom. The number of anilines is 1. The Labute approximate surface area is 130 Å². The van der Waals surface area contributed by atoms with Crippen LogP contribution >= 0.6 is 0 Å². The summed E-state index contributed by atoms with van der Waals surface area (Å²) in [6.07, 6.45) is 4.77. The highest BCUT2D eigenvalue weighted by molar-refractivity contribution is 5.98. The summed E-state index contributed by atoms with van der Waals surface area (Å²) in [5.41, 5.74) is 11.2. The molecule has 22 heavy (non-hydrogen) atoms. The molecule has 0 atom stereocenters. The normalized spacial score (nSPS) is 16.8. The molecule has 6 nitrogen and oxygen atoms in total. The first-order chi connectivity index (χ1) is 10.5. The molecule has 0 saturated heterocycles. The Balaban J connectivity index is 1.87. The third kappa shape index (κ3) is 4.46. The monoisotopic (exact) mass is 305 g/mol. The van der Waals surface area contributed by atoms with Crippen molar-refractivity contribution in [3.8, 4) is 5.75 Å². The molecule has 1 fully saturated rings. The Bertz CT molecular complexity index is 522. The van der Waals surface area contributed by atoms with E-state index in [1.807, 2.05) is 0 Å². The molecule has 0 spiro atoms. The summed E-state index contributed by atoms with van der Waals surface area (Å²) < 4.78 is 5.37. The minimum atomic E-state index is -0.755. The van der Waals surface area contributed by atoms with E-state index in [9.17, 15) is 9.59 Å². The van der Waals surface area contributed by atoms with Gasteiger partial charge in [0.05, 0.1) is 18.6 Å². The van der Waals surface area contributed by atoms with Crippen LogP contribution in [0.15, 0.2) is 24.3 Å². The molecule has 0 heterocycles. The van der Waals surface area contributed by atoms with Crippen LogP contribution in [0.1, 0.15) is 38.5 Å². The number of hydrogen-bond donors (Lipinski definition) is 3. The lowest BCUT2D eigenvalue weighted by Gasteiger charge is -2.31. The highest BCUT2D eigenvalue weighted by atomic mass is 16.5. The number of amides is 2. The van der Waals surface area contributed by atoms with E-state index in [1.54, 1.807) is 24.3 Å². The maximum Gasteiger partial charge on any atom is 0.244 e. The number of nitrogens with one attached hydrogen (secondary N) is 1. The highest BCUT2D eigenvalue weighted by Gasteiger charge is 2.35. The number of nitrogens with two attached hydrogens (primary N) is 2. The predicted molar refractivity (Wildman–Crippen MR) is 84.4 cm³/mol. The lowest BCUT2D eigenvalue weighted by molar-refractivity contribution is -0.122. The summed E-state index contributed by atoms with van der Waals surface area (Å²) in [5.74, 6) is 0.0959. The SMILES string of the molecule is NC(=O)CCOc1ccc(NC(=O)C2(N)CCCCC2)cc1. The maximum absolute atomic E-state index is 12.3. The van der Waals surface area contributed by atoms with E-state index in [1.165, 1.54) is 0 Å². The minimum Gasteiger partial charge on any atom is -0.493 e. The fraction of sp³-hybridized carbons (Fsp3) is 0.500. The van der Waals surface area contributed by atoms with Crippen molar-refractivity contribution >= 4 is 17.5 Å². The minimum absolute atomic E-state index is 0.130. The van der Waals surface area contributed by atoms with Crippen molar-refractivity contribution in [1.82, 2.24) is 0 Å². The molecule has 1 aliphatic rings. The van der Waals surface area contributed by atoms with Gasteiger partial charge in [-0.3, -0.25) is 9.59 Å². The molecule has 0 unspecified atom stereocenters. The van der Waals surface area contributed by atoms with Gasteiger partial charge in [-0.25, -0.2) is 0 Å². The molecule has 6 heteroatoms. The number of ether oxygens (including phenoxy) is 1. The summed E-state index contributed by atoms with van der Waals surface area (Å²) >= 11 is 0. The van der Waals surface area contributed by atoms with Gasteiger partial charge in [-0.1, -0.05) is 19.3 Å². The third-order valence-corrected chi connectivity index (χ3v) is 3.93. The summed E-state index contributed by atoms with van der Waals surface area (Å²) in [6, 6.07) is 6.98. The van der Waals surface area contributed by atoms with Crippen molar-refractivity contribution in [3.05, 3.63) is 24.3 Å². The number of carbonyl (C=O) groups excluding carboxylic acids is 2. The van der Waals surface area contributed by atoms with E-state index >= 15 is 0 Å². The first-order valence-electron chi connectivity index (χ1n) is 7.61. The van der Waals surface area contributed by atoms with Gasteiger partial charge in [-0.15, -0.1) is 0 Å². The van der Waals surface area contributed by atoms with E-state index in [-0.39, 0.29) is 18.9 Å². The zero-order valence-corrected chi connectivity index (χ0v) is 12.6. The average molecular weight is 305 g/mol. The predicted octanol–water partition coefficient (Wildman–Crippen LogP) is 1.54. The number of hydrogen-bond acceptors (Lipinski definition) is 4. The van der Waals surface area contributed by atoms with Gasteiger partial charge in [-0.05, 0) is 37.1 Å². The molecule has 5 N–H and O–H groups in total. The van der Waals surface area contributed by atoms with Crippen molar-refractivity contribution in [3.63, 3.8) is 0 Å². The molecule has 1 saturated carbocycles. The van der Waals surface area contributed by atoms with Crippen LogP contribution in [0.5, 0.6) is 5.75 Å². The largest absolute Gasteiger partial charge is 0.493 e. The highest BCUT2D eigenvalue weighted by Crippen LogP contribution is 2.27. The van der Waals surface area contributed by atoms with Crippen LogP contribution in [-0.2, 0) is 9.59 Å². The van der Waals surface area contributed by atoms with Gasteiger partial charge >= 0.3 is 0 Å². The van der Waals surface area contributed by atoms with Crippen molar-refractivity contribution in [2.45, 2.75) is 44.1 Å². The Kier molecular flexibility index (Phi) is 5.38. The molecular formula is C16H23N3O3. The first kappa shape index (κ1) is 16.3. The fourth-order valence-electron chi connectivity index (χ4n) is 2.57. The number of rotatable bonds is 6. The van der Waals surface area contributed by atoms with E-state index in [0.717, 1.165) is 32.1 Å². The average Bonchev–Trinajstić information content (AvgIpc) is 2.49. The van der Waals surface area contributed by atoms with Gasteiger partial charge in [0.25, 0.3) is 0 Å². The molecule has 2 rings (SSSR count). The van der Waals surface area contributed by atoms with Crippen LogP contribution in [0.4, 0.5) is 5.69 Å². The molecule has 0 radical (unpaired) electrons. The van der Waals surface area contributed by atoms with Gasteiger partial charge in [0, 0.05) is 5.69 Å². The number of primary amides is 1. The Morgan fingerprint density at radius 1 is 1.14 bits per heavy atom. The van der Waals surface area contributed by atoms with Crippen molar-refractivity contribution < 1.29 is 14.3 Å². The zero-order valence-electron chi connectivity index (χ0n) is 12.6. The molecule has 0 bridgehead atoms. The van der Waals surface area contributed by atoms with Crippen molar-refractivity contribution in [1.29, 1.82) is 0 Å². The number of carbonyl (C=O) groups is 2. The smallest absolute Gasteiger partial charge is 0.244 e. The first-order valence-corrected chi connectivity index (χ1v) is 7.61. The second kappa shape index (κ2) is 7.26. The van der Waals surface area contributed by atoms with Crippen LogP contribution in [0.2, 0.25) is 0 Å². The third-order valence-electron chi connectivity index (χ3n) is 3.93. The molecule has 0 aliphatic heterocycles. The quantitative estimate of drug-likeness (QED) is 0.741. The molecule has 1 aliphatic carbocycles. The van der Waals surface area contributed by atoms with Crippen molar-refractivity contribution in [2.24, 2.45) is 11.5 Å². The maximum atomic E-state index is 12.3. The Hall–Kier alpha value is -2.08. The van der Waals surface area contributed by atoms with E-state index < -0.39 is 11.4 Å². The van der Waals surface area contributed by atoms with Gasteiger partial charge < -0.3 is 21.5 Å². The van der Waals surface area contributed by atoms with Crippen LogP contribution in [-0.4, -0.2) is 24.0 Å². The van der Waals surface area contributed by atoms with Crippen LogP contribution in [0.3, 0.4) is 0 Å². The lowest BCUT2D eigenvalue weighted by Crippen LogP contribution is -2.52. The standard InChI is InChI=1S/C16H23N3O3/c17-14(20)8-11-22-13-6-4-12(5-7-13)19-15(21)16(18)9-2-1-3-10-16/h4-7H,1-3,8-11,18H2,(H2,17,20)(H,19,21). The van der Waals surface area contributed by atoms with Gasteiger partial charge in [0.2, 0.25) is 11.8 Å².